The van der Waals surface area contributed by atoms with E-state index in [9.17, 15) is 0 Å². The van der Waals surface area contributed by atoms with Crippen LogP contribution in [0, 0.1) is 17.8 Å². The number of fused-ring (bicyclic) bond motifs is 1. The molecule has 21 heavy (non-hydrogen) atoms. The molecule has 0 N–H and O–H groups in total. The number of hydrogen-bond donors (Lipinski definition) is 0. The Kier molecular flexibility index (Phi) is 5.18. The third kappa shape index (κ3) is 3.93. The molecule has 0 spiro atoms. The van der Waals surface area contributed by atoms with Gasteiger partial charge in [0.1, 0.15) is 0 Å². The first-order valence-corrected chi connectivity index (χ1v) is 8.46. The van der Waals surface area contributed by atoms with Crippen molar-refractivity contribution >= 4 is 5.57 Å². The fourth-order valence-electron chi connectivity index (χ4n) is 3.12. The molecule has 2 nitrogen and oxygen atoms in total. The van der Waals surface area contributed by atoms with Crippen molar-refractivity contribution in [1.82, 2.24) is 9.97 Å². The van der Waals surface area contributed by atoms with E-state index in [1.54, 1.807) is 0 Å². The first kappa shape index (κ1) is 16.2. The topological polar surface area (TPSA) is 25.8 Å². The number of nitrogens with zero attached hydrogens (tertiary/aromatic N) is 2. The van der Waals surface area contributed by atoms with Gasteiger partial charge in [-0.1, -0.05) is 47.6 Å². The second kappa shape index (κ2) is 6.72. The van der Waals surface area contributed by atoms with Gasteiger partial charge in [-0.15, -0.1) is 0 Å². The molecule has 1 aliphatic rings. The molecule has 0 bridgehead atoms. The Hall–Kier alpha value is -1.18. The Morgan fingerprint density at radius 3 is 2.38 bits per heavy atom. The van der Waals surface area contributed by atoms with Crippen LogP contribution in [0.5, 0.6) is 0 Å². The van der Waals surface area contributed by atoms with Crippen molar-refractivity contribution in [2.24, 2.45) is 17.8 Å². The Balaban J connectivity index is 2.43. The molecule has 0 saturated carbocycles. The molecule has 1 aromatic heterocycles. The average molecular weight is 286 g/mol. The molecule has 0 fully saturated rings. The summed E-state index contributed by atoms with van der Waals surface area (Å²) in [5.41, 5.74) is 4.89. The molecule has 2 rings (SSSR count). The number of hydrogen-bond acceptors (Lipinski definition) is 2. The molecule has 116 valence electrons. The molecule has 0 aliphatic heterocycles. The van der Waals surface area contributed by atoms with E-state index < -0.39 is 0 Å². The SMILES string of the molecule is CC(C)CC1C=C(C(C)C)c2nc(C(C)C)cnc2CC1. The van der Waals surface area contributed by atoms with Crippen LogP contribution in [0.25, 0.3) is 5.57 Å². The Bertz CT molecular complexity index is 512. The lowest BCUT2D eigenvalue weighted by Gasteiger charge is -2.16. The number of aromatic nitrogens is 2. The predicted octanol–water partition coefficient (Wildman–Crippen LogP) is 5.25. The zero-order chi connectivity index (χ0) is 15.6. The summed E-state index contributed by atoms with van der Waals surface area (Å²) in [5.74, 6) is 2.35. The van der Waals surface area contributed by atoms with E-state index in [0.717, 1.165) is 18.0 Å². The van der Waals surface area contributed by atoms with Gasteiger partial charge in [-0.25, -0.2) is 4.98 Å². The Morgan fingerprint density at radius 2 is 1.81 bits per heavy atom. The van der Waals surface area contributed by atoms with E-state index in [0.29, 0.717) is 17.8 Å². The molecule has 1 atom stereocenters. The van der Waals surface area contributed by atoms with Crippen molar-refractivity contribution in [1.29, 1.82) is 0 Å². The number of aryl methyl sites for hydroxylation is 1. The highest BCUT2D eigenvalue weighted by Crippen LogP contribution is 2.33. The van der Waals surface area contributed by atoms with E-state index in [1.165, 1.54) is 29.8 Å². The molecule has 0 amide bonds. The smallest absolute Gasteiger partial charge is 0.0879 e. The van der Waals surface area contributed by atoms with Gasteiger partial charge in [-0.05, 0) is 48.5 Å². The quantitative estimate of drug-likeness (QED) is 0.755. The molecule has 0 radical (unpaired) electrons. The van der Waals surface area contributed by atoms with Crippen LogP contribution in [0.2, 0.25) is 0 Å². The molecule has 1 aromatic rings. The maximum atomic E-state index is 4.96. The Morgan fingerprint density at radius 1 is 1.10 bits per heavy atom. The van der Waals surface area contributed by atoms with Gasteiger partial charge in [0.25, 0.3) is 0 Å². The summed E-state index contributed by atoms with van der Waals surface area (Å²) >= 11 is 0. The second-order valence-electron chi connectivity index (χ2n) is 7.45. The largest absolute Gasteiger partial charge is 0.257 e. The van der Waals surface area contributed by atoms with Crippen molar-refractivity contribution in [3.05, 3.63) is 29.4 Å². The first-order chi connectivity index (χ1) is 9.88. The minimum absolute atomic E-state index is 0.436. The summed E-state index contributed by atoms with van der Waals surface area (Å²) < 4.78 is 0. The zero-order valence-corrected chi connectivity index (χ0v) is 14.5. The third-order valence-electron chi connectivity index (χ3n) is 4.30. The first-order valence-electron chi connectivity index (χ1n) is 8.46. The van der Waals surface area contributed by atoms with Gasteiger partial charge in [-0.2, -0.15) is 0 Å². The van der Waals surface area contributed by atoms with E-state index in [-0.39, 0.29) is 0 Å². The minimum Gasteiger partial charge on any atom is -0.257 e. The van der Waals surface area contributed by atoms with Crippen LogP contribution in [0.1, 0.15) is 77.4 Å². The van der Waals surface area contributed by atoms with E-state index >= 15 is 0 Å². The van der Waals surface area contributed by atoms with Crippen LogP contribution < -0.4 is 0 Å². The monoisotopic (exact) mass is 286 g/mol. The second-order valence-corrected chi connectivity index (χ2v) is 7.45. The van der Waals surface area contributed by atoms with E-state index in [2.05, 4.69) is 47.6 Å². The van der Waals surface area contributed by atoms with Crippen LogP contribution >= 0.6 is 0 Å². The molecule has 1 heterocycles. The highest BCUT2D eigenvalue weighted by Gasteiger charge is 2.22. The number of rotatable bonds is 4. The molecule has 1 aliphatic carbocycles. The van der Waals surface area contributed by atoms with Crippen LogP contribution in [0.4, 0.5) is 0 Å². The minimum atomic E-state index is 0.436. The lowest BCUT2D eigenvalue weighted by Crippen LogP contribution is -2.06. The summed E-state index contributed by atoms with van der Waals surface area (Å²) in [5, 5.41) is 0. The van der Waals surface area contributed by atoms with Crippen LogP contribution in [0.15, 0.2) is 12.3 Å². The highest BCUT2D eigenvalue weighted by molar-refractivity contribution is 5.66. The lowest BCUT2D eigenvalue weighted by molar-refractivity contribution is 0.452. The number of allylic oxidation sites excluding steroid dienone is 2. The van der Waals surface area contributed by atoms with Crippen molar-refractivity contribution in [2.45, 2.75) is 66.7 Å². The van der Waals surface area contributed by atoms with Gasteiger partial charge in [0, 0.05) is 6.20 Å². The maximum absolute atomic E-state index is 4.96. The van der Waals surface area contributed by atoms with Gasteiger partial charge in [-0.3, -0.25) is 4.98 Å². The van der Waals surface area contributed by atoms with Crippen LogP contribution in [-0.2, 0) is 6.42 Å². The van der Waals surface area contributed by atoms with Gasteiger partial charge >= 0.3 is 0 Å². The van der Waals surface area contributed by atoms with Crippen LogP contribution in [0.3, 0.4) is 0 Å². The summed E-state index contributed by atoms with van der Waals surface area (Å²) in [4.78, 5) is 9.70. The van der Waals surface area contributed by atoms with Crippen molar-refractivity contribution in [2.75, 3.05) is 0 Å². The lowest BCUT2D eigenvalue weighted by atomic mass is 9.90. The highest BCUT2D eigenvalue weighted by atomic mass is 14.8. The molecular formula is C19H30N2. The Labute approximate surface area is 130 Å². The predicted molar refractivity (Wildman–Crippen MR) is 90.2 cm³/mol. The molecule has 0 aromatic carbocycles. The van der Waals surface area contributed by atoms with Gasteiger partial charge < -0.3 is 0 Å². The fraction of sp³-hybridized carbons (Fsp3) is 0.684. The van der Waals surface area contributed by atoms with Gasteiger partial charge in [0.05, 0.1) is 17.1 Å². The van der Waals surface area contributed by atoms with Crippen molar-refractivity contribution < 1.29 is 0 Å². The summed E-state index contributed by atoms with van der Waals surface area (Å²) in [7, 11) is 0. The normalized spacial score (nSPS) is 18.9. The van der Waals surface area contributed by atoms with Crippen molar-refractivity contribution in [3.8, 4) is 0 Å². The third-order valence-corrected chi connectivity index (χ3v) is 4.30. The summed E-state index contributed by atoms with van der Waals surface area (Å²) in [6.07, 6.45) is 8.00. The van der Waals surface area contributed by atoms with Crippen LogP contribution in [-0.4, -0.2) is 9.97 Å². The van der Waals surface area contributed by atoms with E-state index in [1.807, 2.05) is 6.20 Å². The summed E-state index contributed by atoms with van der Waals surface area (Å²) in [6.45, 7) is 13.6. The molecule has 0 saturated heterocycles. The summed E-state index contributed by atoms with van der Waals surface area (Å²) in [6, 6.07) is 0. The van der Waals surface area contributed by atoms with Crippen molar-refractivity contribution in [3.63, 3.8) is 0 Å². The molecule has 2 heteroatoms. The average Bonchev–Trinajstić information content (AvgIpc) is 2.57. The maximum Gasteiger partial charge on any atom is 0.0879 e. The zero-order valence-electron chi connectivity index (χ0n) is 14.5. The molecular weight excluding hydrogens is 256 g/mol. The standard InChI is InChI=1S/C19H30N2/c1-12(2)9-15-7-8-17-19(16(10-15)13(3)4)21-18(11-20-17)14(5)6/h10-15H,7-9H2,1-6H3. The van der Waals surface area contributed by atoms with E-state index in [4.69, 9.17) is 9.97 Å². The fourth-order valence-corrected chi connectivity index (χ4v) is 3.12. The molecule has 1 unspecified atom stereocenters. The van der Waals surface area contributed by atoms with Gasteiger partial charge in [0.15, 0.2) is 0 Å². The van der Waals surface area contributed by atoms with Gasteiger partial charge in [0.2, 0.25) is 0 Å².